The Labute approximate surface area is 116 Å². The molecule has 0 spiro atoms. The summed E-state index contributed by atoms with van der Waals surface area (Å²) >= 11 is 5.99. The third-order valence-electron chi connectivity index (χ3n) is 3.61. The third-order valence-corrected chi connectivity index (χ3v) is 3.98. The molecule has 0 aromatic heterocycles. The maximum absolute atomic E-state index is 13.1. The topological polar surface area (TPSA) is 49.3 Å². The Morgan fingerprint density at radius 2 is 2.26 bits per heavy atom. The van der Waals surface area contributed by atoms with E-state index in [2.05, 4.69) is 5.32 Å². The minimum atomic E-state index is -0.727. The zero-order valence-electron chi connectivity index (χ0n) is 10.5. The molecule has 2 unspecified atom stereocenters. The molecule has 0 saturated heterocycles. The second-order valence-corrected chi connectivity index (χ2v) is 5.42. The lowest BCUT2D eigenvalue weighted by Gasteiger charge is -2.27. The van der Waals surface area contributed by atoms with E-state index in [1.165, 1.54) is 18.2 Å². The first-order chi connectivity index (χ1) is 9.06. The summed E-state index contributed by atoms with van der Waals surface area (Å²) in [6.07, 6.45) is 3.23. The van der Waals surface area contributed by atoms with E-state index in [-0.39, 0.29) is 17.8 Å². The number of nitrogens with one attached hydrogen (secondary N) is 1. The van der Waals surface area contributed by atoms with E-state index in [0.717, 1.165) is 19.3 Å². The zero-order chi connectivity index (χ0) is 13.8. The van der Waals surface area contributed by atoms with Gasteiger partial charge in [0.2, 0.25) is 0 Å². The van der Waals surface area contributed by atoms with Crippen molar-refractivity contribution < 1.29 is 14.3 Å². The SMILES string of the molecule is O=C(O)C1CCCC(NCc2cc(F)ccc2Cl)C1. The van der Waals surface area contributed by atoms with E-state index in [4.69, 9.17) is 16.7 Å². The normalized spacial score (nSPS) is 23.3. The summed E-state index contributed by atoms with van der Waals surface area (Å²) in [7, 11) is 0. The zero-order valence-corrected chi connectivity index (χ0v) is 11.3. The Bertz CT molecular complexity index is 467. The van der Waals surface area contributed by atoms with Crippen LogP contribution >= 0.6 is 11.6 Å². The first-order valence-electron chi connectivity index (χ1n) is 6.46. The molecule has 1 aromatic rings. The fourth-order valence-electron chi connectivity index (χ4n) is 2.53. The van der Waals surface area contributed by atoms with Crippen LogP contribution in [-0.2, 0) is 11.3 Å². The molecule has 19 heavy (non-hydrogen) atoms. The van der Waals surface area contributed by atoms with Crippen molar-refractivity contribution in [3.63, 3.8) is 0 Å². The smallest absolute Gasteiger partial charge is 0.306 e. The van der Waals surface area contributed by atoms with Gasteiger partial charge in [-0.15, -0.1) is 0 Å². The number of hydrogen-bond donors (Lipinski definition) is 2. The van der Waals surface area contributed by atoms with Gasteiger partial charge in [-0.3, -0.25) is 4.79 Å². The van der Waals surface area contributed by atoms with Crippen LogP contribution in [0.2, 0.25) is 5.02 Å². The van der Waals surface area contributed by atoms with Crippen LogP contribution in [0.4, 0.5) is 4.39 Å². The minimum Gasteiger partial charge on any atom is -0.481 e. The molecule has 1 aliphatic carbocycles. The Kier molecular flexibility index (Phi) is 4.77. The molecule has 1 aliphatic rings. The first-order valence-corrected chi connectivity index (χ1v) is 6.84. The van der Waals surface area contributed by atoms with Gasteiger partial charge in [-0.25, -0.2) is 4.39 Å². The summed E-state index contributed by atoms with van der Waals surface area (Å²) in [5.41, 5.74) is 0.708. The predicted molar refractivity (Wildman–Crippen MR) is 71.6 cm³/mol. The lowest BCUT2D eigenvalue weighted by atomic mass is 9.86. The van der Waals surface area contributed by atoms with Gasteiger partial charge >= 0.3 is 5.97 Å². The Balaban J connectivity index is 1.91. The molecular weight excluding hydrogens is 269 g/mol. The quantitative estimate of drug-likeness (QED) is 0.893. The van der Waals surface area contributed by atoms with Gasteiger partial charge in [0.1, 0.15) is 5.82 Å². The molecule has 2 rings (SSSR count). The maximum atomic E-state index is 13.1. The molecule has 0 aliphatic heterocycles. The molecule has 3 nitrogen and oxygen atoms in total. The highest BCUT2D eigenvalue weighted by Crippen LogP contribution is 2.25. The fraction of sp³-hybridized carbons (Fsp3) is 0.500. The first kappa shape index (κ1) is 14.3. The number of hydrogen-bond acceptors (Lipinski definition) is 2. The van der Waals surface area contributed by atoms with Gasteiger partial charge in [0.05, 0.1) is 5.92 Å². The number of halogens is 2. The number of aliphatic carboxylic acids is 1. The molecule has 2 atom stereocenters. The van der Waals surface area contributed by atoms with E-state index < -0.39 is 5.97 Å². The van der Waals surface area contributed by atoms with Crippen molar-refractivity contribution in [1.29, 1.82) is 0 Å². The highest BCUT2D eigenvalue weighted by molar-refractivity contribution is 6.31. The van der Waals surface area contributed by atoms with E-state index >= 15 is 0 Å². The minimum absolute atomic E-state index is 0.161. The summed E-state index contributed by atoms with van der Waals surface area (Å²) in [5.74, 6) is -1.31. The Morgan fingerprint density at radius 1 is 1.47 bits per heavy atom. The van der Waals surface area contributed by atoms with Crippen molar-refractivity contribution in [2.24, 2.45) is 5.92 Å². The van der Waals surface area contributed by atoms with Gasteiger partial charge in [0.15, 0.2) is 0 Å². The predicted octanol–water partition coefficient (Wildman–Crippen LogP) is 3.21. The molecule has 1 fully saturated rings. The maximum Gasteiger partial charge on any atom is 0.306 e. The summed E-state index contributed by atoms with van der Waals surface area (Å²) < 4.78 is 13.1. The van der Waals surface area contributed by atoms with Crippen LogP contribution in [0.15, 0.2) is 18.2 Å². The molecule has 1 aromatic carbocycles. The summed E-state index contributed by atoms with van der Waals surface area (Å²) in [5, 5.41) is 12.8. The average Bonchev–Trinajstić information content (AvgIpc) is 2.40. The van der Waals surface area contributed by atoms with Crippen molar-refractivity contribution in [3.8, 4) is 0 Å². The summed E-state index contributed by atoms with van der Waals surface area (Å²) in [4.78, 5) is 11.0. The molecular formula is C14H17ClFNO2. The van der Waals surface area contributed by atoms with Crippen LogP contribution in [0.1, 0.15) is 31.2 Å². The van der Waals surface area contributed by atoms with E-state index in [1.54, 1.807) is 0 Å². The van der Waals surface area contributed by atoms with Crippen LogP contribution in [-0.4, -0.2) is 17.1 Å². The number of rotatable bonds is 4. The van der Waals surface area contributed by atoms with E-state index in [0.29, 0.717) is 23.6 Å². The molecule has 104 valence electrons. The highest BCUT2D eigenvalue weighted by atomic mass is 35.5. The largest absolute Gasteiger partial charge is 0.481 e. The van der Waals surface area contributed by atoms with Crippen molar-refractivity contribution in [2.45, 2.75) is 38.3 Å². The summed E-state index contributed by atoms with van der Waals surface area (Å²) in [6, 6.07) is 4.43. The van der Waals surface area contributed by atoms with E-state index in [9.17, 15) is 9.18 Å². The molecule has 0 radical (unpaired) electrons. The number of carbonyl (C=O) groups is 1. The van der Waals surface area contributed by atoms with Gasteiger partial charge in [-0.2, -0.15) is 0 Å². The monoisotopic (exact) mass is 285 g/mol. The van der Waals surface area contributed by atoms with E-state index in [1.807, 2.05) is 0 Å². The van der Waals surface area contributed by atoms with Crippen molar-refractivity contribution in [2.75, 3.05) is 0 Å². The molecule has 5 heteroatoms. The second-order valence-electron chi connectivity index (χ2n) is 5.02. The van der Waals surface area contributed by atoms with Crippen molar-refractivity contribution in [3.05, 3.63) is 34.6 Å². The van der Waals surface area contributed by atoms with Gasteiger partial charge < -0.3 is 10.4 Å². The standard InChI is InChI=1S/C14H17ClFNO2/c15-13-5-4-11(16)6-10(13)8-17-12-3-1-2-9(7-12)14(18)19/h4-6,9,12,17H,1-3,7-8H2,(H,18,19). The number of carboxylic acid groups (broad SMARTS) is 1. The molecule has 2 N–H and O–H groups in total. The number of benzene rings is 1. The van der Waals surface area contributed by atoms with Crippen LogP contribution in [0.3, 0.4) is 0 Å². The molecule has 0 amide bonds. The van der Waals surface area contributed by atoms with Gasteiger partial charge in [-0.05, 0) is 43.0 Å². The van der Waals surface area contributed by atoms with Crippen LogP contribution in [0, 0.1) is 11.7 Å². The van der Waals surface area contributed by atoms with Gasteiger partial charge in [0, 0.05) is 17.6 Å². The average molecular weight is 286 g/mol. The van der Waals surface area contributed by atoms with Crippen LogP contribution < -0.4 is 5.32 Å². The molecule has 1 saturated carbocycles. The van der Waals surface area contributed by atoms with Crippen molar-refractivity contribution in [1.82, 2.24) is 5.32 Å². The molecule has 0 heterocycles. The lowest BCUT2D eigenvalue weighted by Crippen LogP contribution is -2.36. The van der Waals surface area contributed by atoms with Crippen LogP contribution in [0.25, 0.3) is 0 Å². The third kappa shape index (κ3) is 3.91. The second kappa shape index (κ2) is 6.35. The van der Waals surface area contributed by atoms with Crippen molar-refractivity contribution >= 4 is 17.6 Å². The highest BCUT2D eigenvalue weighted by Gasteiger charge is 2.26. The fourth-order valence-corrected chi connectivity index (χ4v) is 2.72. The number of carboxylic acids is 1. The summed E-state index contributed by atoms with van der Waals surface area (Å²) in [6.45, 7) is 0.466. The Morgan fingerprint density at radius 3 is 3.00 bits per heavy atom. The lowest BCUT2D eigenvalue weighted by molar-refractivity contribution is -0.143. The van der Waals surface area contributed by atoms with Gasteiger partial charge in [-0.1, -0.05) is 18.0 Å². The van der Waals surface area contributed by atoms with Gasteiger partial charge in [0.25, 0.3) is 0 Å². The van der Waals surface area contributed by atoms with Crippen LogP contribution in [0.5, 0.6) is 0 Å². The molecule has 0 bridgehead atoms. The Hall–Kier alpha value is -1.13.